The van der Waals surface area contributed by atoms with Gasteiger partial charge in [-0.15, -0.1) is 0 Å². The van der Waals surface area contributed by atoms with Gasteiger partial charge in [-0.1, -0.05) is 194 Å². The van der Waals surface area contributed by atoms with Gasteiger partial charge < -0.3 is 9.80 Å². The van der Waals surface area contributed by atoms with Crippen molar-refractivity contribution in [3.05, 3.63) is 294 Å². The quantitative estimate of drug-likeness (QED) is 0.157. The second kappa shape index (κ2) is 15.7. The van der Waals surface area contributed by atoms with Gasteiger partial charge in [0.15, 0.2) is 0 Å². The average Bonchev–Trinajstić information content (AvgIpc) is 4.03. The van der Waals surface area contributed by atoms with Crippen molar-refractivity contribution in [1.29, 1.82) is 0 Å². The molecule has 0 radical (unpaired) electrons. The number of nitrogens with zero attached hydrogens (tertiary/aromatic N) is 2. The van der Waals surface area contributed by atoms with Crippen molar-refractivity contribution >= 4 is 28.4 Å². The summed E-state index contributed by atoms with van der Waals surface area (Å²) in [6, 6.07) is 90.1. The Bertz CT molecular complexity index is 3630. The molecule has 0 aromatic heterocycles. The van der Waals surface area contributed by atoms with E-state index in [0.717, 1.165) is 23.5 Å². The van der Waals surface area contributed by atoms with Crippen molar-refractivity contribution in [3.63, 3.8) is 0 Å². The Labute approximate surface area is 404 Å². The van der Waals surface area contributed by atoms with Gasteiger partial charge in [-0.2, -0.15) is 0 Å². The number of hydrogen-bond donors (Lipinski definition) is 0. The lowest BCUT2D eigenvalue weighted by Crippen LogP contribution is -2.26. The highest BCUT2D eigenvalue weighted by Crippen LogP contribution is 2.63. The van der Waals surface area contributed by atoms with Crippen LogP contribution in [0.1, 0.15) is 40.2 Å². The third-order valence-electron chi connectivity index (χ3n) is 15.2. The van der Waals surface area contributed by atoms with Crippen LogP contribution in [0.25, 0.3) is 55.6 Å². The molecule has 14 rings (SSSR count). The van der Waals surface area contributed by atoms with E-state index in [4.69, 9.17) is 0 Å². The first-order chi connectivity index (χ1) is 34.2. The monoisotopic (exact) mass is 878 g/mol. The SMILES string of the molecule is C1=CCC2C(=C1)N(c1ccccc1)c1cc(-c3cccc(-c4ccc(N(c5ccc(-c6ccccc6)cc5)c5ccc6c(c5)C5(c7ccccc7-c7ccccc75)c5ccccc5-6)cc4)c3)ccc12. The molecule has 3 aliphatic carbocycles. The summed E-state index contributed by atoms with van der Waals surface area (Å²) in [7, 11) is 0. The summed E-state index contributed by atoms with van der Waals surface area (Å²) in [5.74, 6) is 0.371. The van der Waals surface area contributed by atoms with Crippen LogP contribution < -0.4 is 9.80 Å². The molecular formula is C67H46N2. The molecule has 2 nitrogen and oxygen atoms in total. The second-order valence-corrected chi connectivity index (χ2v) is 18.7. The molecule has 1 spiro atoms. The number of hydrogen-bond acceptors (Lipinski definition) is 2. The zero-order chi connectivity index (χ0) is 45.5. The molecule has 1 unspecified atom stereocenters. The van der Waals surface area contributed by atoms with Crippen molar-refractivity contribution in [2.75, 3.05) is 9.80 Å². The molecule has 324 valence electrons. The fraction of sp³-hybridized carbons (Fsp3) is 0.0448. The first kappa shape index (κ1) is 39.4. The topological polar surface area (TPSA) is 6.48 Å². The minimum atomic E-state index is -0.432. The molecular weight excluding hydrogens is 833 g/mol. The molecule has 1 aliphatic heterocycles. The standard InChI is InChI=1S/C67H46N2/c1-3-16-45(17-4-1)46-30-35-52(36-31-46)68(54-39-41-58-57-24-9-13-28-63(57)67(64(58)44-54)61-26-11-7-22-55(61)56-23-8-12-27-62(56)67)53-37-32-47(33-38-53)48-18-15-19-49(42-48)50-34-40-60-59-25-10-14-29-65(59)69(66(60)43-50)51-20-5-2-6-21-51/h1-24,26-44,59H,25H2. The third-order valence-corrected chi connectivity index (χ3v) is 15.2. The highest BCUT2D eigenvalue weighted by Gasteiger charge is 2.51. The Morgan fingerprint density at radius 2 is 0.855 bits per heavy atom. The summed E-state index contributed by atoms with van der Waals surface area (Å²) in [4.78, 5) is 4.89. The van der Waals surface area contributed by atoms with Crippen LogP contribution in [0, 0.1) is 0 Å². The van der Waals surface area contributed by atoms with Crippen LogP contribution in [0.5, 0.6) is 0 Å². The molecule has 1 heterocycles. The minimum Gasteiger partial charge on any atom is -0.313 e. The molecule has 2 heteroatoms. The number of benzene rings is 10. The van der Waals surface area contributed by atoms with E-state index in [9.17, 15) is 0 Å². The zero-order valence-corrected chi connectivity index (χ0v) is 38.0. The summed E-state index contributed by atoms with van der Waals surface area (Å²) in [5, 5.41) is 0. The Balaban J connectivity index is 0.870. The van der Waals surface area contributed by atoms with Gasteiger partial charge >= 0.3 is 0 Å². The average molecular weight is 879 g/mol. The predicted octanol–water partition coefficient (Wildman–Crippen LogP) is 17.6. The lowest BCUT2D eigenvalue weighted by Gasteiger charge is -2.32. The number of rotatable bonds is 7. The van der Waals surface area contributed by atoms with Crippen LogP contribution in [-0.4, -0.2) is 0 Å². The molecule has 10 aromatic carbocycles. The number of allylic oxidation sites excluding steroid dienone is 4. The molecule has 69 heavy (non-hydrogen) atoms. The van der Waals surface area contributed by atoms with Crippen LogP contribution in [0.2, 0.25) is 0 Å². The minimum absolute atomic E-state index is 0.371. The van der Waals surface area contributed by atoms with Gasteiger partial charge in [0.25, 0.3) is 0 Å². The zero-order valence-electron chi connectivity index (χ0n) is 38.0. The number of anilines is 5. The molecule has 10 aromatic rings. The Morgan fingerprint density at radius 3 is 1.49 bits per heavy atom. The van der Waals surface area contributed by atoms with Gasteiger partial charge in [0.05, 0.1) is 11.1 Å². The van der Waals surface area contributed by atoms with Crippen molar-refractivity contribution in [1.82, 2.24) is 0 Å². The largest absolute Gasteiger partial charge is 0.313 e. The van der Waals surface area contributed by atoms with Crippen molar-refractivity contribution in [2.45, 2.75) is 17.8 Å². The normalized spacial score (nSPS) is 15.2. The third kappa shape index (κ3) is 6.05. The molecule has 0 saturated heterocycles. The molecule has 0 fully saturated rings. The fourth-order valence-electron chi connectivity index (χ4n) is 12.1. The Hall–Kier alpha value is -8.72. The van der Waals surface area contributed by atoms with E-state index < -0.39 is 5.41 Å². The van der Waals surface area contributed by atoms with Crippen molar-refractivity contribution < 1.29 is 0 Å². The van der Waals surface area contributed by atoms with Crippen LogP contribution in [-0.2, 0) is 5.41 Å². The first-order valence-electron chi connectivity index (χ1n) is 24.2. The van der Waals surface area contributed by atoms with E-state index in [1.807, 2.05) is 0 Å². The van der Waals surface area contributed by atoms with Gasteiger partial charge in [-0.3, -0.25) is 0 Å². The number of para-hydroxylation sites is 1. The predicted molar refractivity (Wildman–Crippen MR) is 287 cm³/mol. The van der Waals surface area contributed by atoms with Gasteiger partial charge in [-0.05, 0) is 157 Å². The second-order valence-electron chi connectivity index (χ2n) is 18.7. The van der Waals surface area contributed by atoms with E-state index in [1.165, 1.54) is 101 Å². The summed E-state index contributed by atoms with van der Waals surface area (Å²) in [6.45, 7) is 0. The first-order valence-corrected chi connectivity index (χ1v) is 24.2. The lowest BCUT2D eigenvalue weighted by atomic mass is 9.70. The molecule has 0 amide bonds. The van der Waals surface area contributed by atoms with Crippen LogP contribution in [0.15, 0.2) is 267 Å². The summed E-state index contributed by atoms with van der Waals surface area (Å²) >= 11 is 0. The summed E-state index contributed by atoms with van der Waals surface area (Å²) in [5.41, 5.74) is 25.9. The van der Waals surface area contributed by atoms with Gasteiger partial charge in [0, 0.05) is 34.4 Å². The Kier molecular flexibility index (Phi) is 8.97. The van der Waals surface area contributed by atoms with E-state index in [0.29, 0.717) is 5.92 Å². The van der Waals surface area contributed by atoms with Crippen LogP contribution >= 0.6 is 0 Å². The van der Waals surface area contributed by atoms with E-state index >= 15 is 0 Å². The molecule has 0 saturated carbocycles. The van der Waals surface area contributed by atoms with E-state index in [1.54, 1.807) is 0 Å². The van der Waals surface area contributed by atoms with Crippen molar-refractivity contribution in [3.8, 4) is 55.6 Å². The Morgan fingerprint density at radius 1 is 0.377 bits per heavy atom. The number of fused-ring (bicyclic) bond motifs is 13. The van der Waals surface area contributed by atoms with Crippen LogP contribution in [0.4, 0.5) is 28.4 Å². The van der Waals surface area contributed by atoms with Crippen molar-refractivity contribution in [2.24, 2.45) is 0 Å². The molecule has 4 aliphatic rings. The fourth-order valence-corrected chi connectivity index (χ4v) is 12.1. The summed E-state index contributed by atoms with van der Waals surface area (Å²) < 4.78 is 0. The summed E-state index contributed by atoms with van der Waals surface area (Å²) in [6.07, 6.45) is 7.82. The smallest absolute Gasteiger partial charge is 0.0726 e. The maximum absolute atomic E-state index is 2.48. The lowest BCUT2D eigenvalue weighted by molar-refractivity contribution is 0.793. The highest BCUT2D eigenvalue weighted by atomic mass is 15.2. The van der Waals surface area contributed by atoms with E-state index in [2.05, 4.69) is 271 Å². The molecule has 0 N–H and O–H groups in total. The van der Waals surface area contributed by atoms with Gasteiger partial charge in [0.2, 0.25) is 0 Å². The van der Waals surface area contributed by atoms with Gasteiger partial charge in [0.1, 0.15) is 0 Å². The molecule has 1 atom stereocenters. The highest BCUT2D eigenvalue weighted by molar-refractivity contribution is 5.96. The van der Waals surface area contributed by atoms with Gasteiger partial charge in [-0.25, -0.2) is 0 Å². The van der Waals surface area contributed by atoms with E-state index in [-0.39, 0.29) is 0 Å². The maximum atomic E-state index is 2.48. The molecule has 0 bridgehead atoms. The maximum Gasteiger partial charge on any atom is 0.0726 e. The van der Waals surface area contributed by atoms with Crippen LogP contribution in [0.3, 0.4) is 0 Å².